The Labute approximate surface area is 190 Å². The molecule has 7 nitrogen and oxygen atoms in total. The Hall–Kier alpha value is -3.07. The van der Waals surface area contributed by atoms with Gasteiger partial charge in [0, 0.05) is 34.9 Å². The molecule has 32 heavy (non-hydrogen) atoms. The van der Waals surface area contributed by atoms with Crippen LogP contribution in [0.15, 0.2) is 55.0 Å². The molecule has 0 aliphatic rings. The summed E-state index contributed by atoms with van der Waals surface area (Å²) in [5.74, 6) is -1.02. The zero-order valence-corrected chi connectivity index (χ0v) is 18.4. The lowest BCUT2D eigenvalue weighted by atomic mass is 9.99. The molecule has 0 radical (unpaired) electrons. The third kappa shape index (κ3) is 5.21. The first-order chi connectivity index (χ1) is 15.3. The van der Waals surface area contributed by atoms with Crippen molar-refractivity contribution in [2.45, 2.75) is 25.4 Å². The molecule has 3 aromatic rings. The average Bonchev–Trinajstić information content (AvgIpc) is 2.80. The molecule has 3 rings (SSSR count). The Balaban J connectivity index is 2.01. The largest absolute Gasteiger partial charge is 0.392 e. The van der Waals surface area contributed by atoms with Crippen LogP contribution in [0, 0.1) is 5.82 Å². The van der Waals surface area contributed by atoms with Gasteiger partial charge in [-0.2, -0.15) is 0 Å². The minimum Gasteiger partial charge on any atom is -0.392 e. The molecule has 4 N–H and O–H groups in total. The molecule has 0 bridgehead atoms. The van der Waals surface area contributed by atoms with E-state index in [1.165, 1.54) is 30.6 Å². The van der Waals surface area contributed by atoms with E-state index in [9.17, 15) is 19.4 Å². The molecule has 0 spiro atoms. The maximum absolute atomic E-state index is 14.4. The highest BCUT2D eigenvalue weighted by molar-refractivity contribution is 6.30. The van der Waals surface area contributed by atoms with Crippen LogP contribution in [-0.2, 0) is 0 Å². The highest BCUT2D eigenvalue weighted by atomic mass is 35.5. The van der Waals surface area contributed by atoms with Gasteiger partial charge in [0.25, 0.3) is 5.91 Å². The fourth-order valence-electron chi connectivity index (χ4n) is 3.16. The van der Waals surface area contributed by atoms with Gasteiger partial charge in [-0.15, -0.1) is 0 Å². The standard InChI is InChI=1S/C23H24ClFN4O3/c1-14(2)18-11-27-20(17-8-16(24)5-6-19(17)25)9-21(18)28-23(12-30,13-31)29-22(32)15-4-3-7-26-10-15/h3-11,14,30-31H,12-13H2,1-2H3,(H,27,28)(H,29,32). The molecule has 168 valence electrons. The molecule has 0 aliphatic heterocycles. The predicted molar refractivity (Wildman–Crippen MR) is 121 cm³/mol. The molecular weight excluding hydrogens is 435 g/mol. The number of carbonyl (C=O) groups is 1. The number of aliphatic hydroxyl groups is 2. The molecule has 2 heterocycles. The number of anilines is 1. The van der Waals surface area contributed by atoms with Crippen molar-refractivity contribution < 1.29 is 19.4 Å². The van der Waals surface area contributed by atoms with E-state index in [4.69, 9.17) is 11.6 Å². The molecule has 2 aromatic heterocycles. The number of halogens is 2. The second-order valence-electron chi connectivity index (χ2n) is 7.65. The third-order valence-electron chi connectivity index (χ3n) is 4.95. The summed E-state index contributed by atoms with van der Waals surface area (Å²) < 4.78 is 14.4. The second-order valence-corrected chi connectivity index (χ2v) is 8.09. The number of aliphatic hydroxyl groups excluding tert-OH is 2. The number of hydrogen-bond acceptors (Lipinski definition) is 6. The number of aromatic nitrogens is 2. The zero-order chi connectivity index (χ0) is 23.3. The molecule has 1 amide bonds. The number of nitrogens with zero attached hydrogens (tertiary/aromatic N) is 2. The van der Waals surface area contributed by atoms with E-state index >= 15 is 0 Å². The van der Waals surface area contributed by atoms with Crippen molar-refractivity contribution in [3.63, 3.8) is 0 Å². The topological polar surface area (TPSA) is 107 Å². The Morgan fingerprint density at radius 2 is 1.94 bits per heavy atom. The van der Waals surface area contributed by atoms with Gasteiger partial charge in [0.05, 0.1) is 24.5 Å². The van der Waals surface area contributed by atoms with E-state index < -0.39 is 30.6 Å². The number of hydrogen-bond donors (Lipinski definition) is 4. The molecule has 0 fully saturated rings. The summed E-state index contributed by atoms with van der Waals surface area (Å²) in [6, 6.07) is 8.93. The molecule has 0 unspecified atom stereocenters. The summed E-state index contributed by atoms with van der Waals surface area (Å²) in [6.45, 7) is 2.65. The SMILES string of the molecule is CC(C)c1cnc(-c2cc(Cl)ccc2F)cc1NC(CO)(CO)NC(=O)c1cccnc1. The van der Waals surface area contributed by atoms with E-state index in [2.05, 4.69) is 20.6 Å². The minimum atomic E-state index is -1.60. The highest BCUT2D eigenvalue weighted by Crippen LogP contribution is 2.32. The summed E-state index contributed by atoms with van der Waals surface area (Å²) in [5, 5.41) is 26.2. The normalized spacial score (nSPS) is 11.5. The lowest BCUT2D eigenvalue weighted by molar-refractivity contribution is 0.0746. The summed E-state index contributed by atoms with van der Waals surface area (Å²) >= 11 is 6.03. The second kappa shape index (κ2) is 10.0. The first-order valence-corrected chi connectivity index (χ1v) is 10.3. The van der Waals surface area contributed by atoms with Crippen LogP contribution in [-0.4, -0.2) is 45.0 Å². The molecular formula is C23H24ClFN4O3. The molecule has 0 atom stereocenters. The van der Waals surface area contributed by atoms with Crippen LogP contribution < -0.4 is 10.6 Å². The van der Waals surface area contributed by atoms with Crippen LogP contribution in [0.4, 0.5) is 10.1 Å². The van der Waals surface area contributed by atoms with Gasteiger partial charge in [0.15, 0.2) is 5.66 Å². The van der Waals surface area contributed by atoms with Gasteiger partial charge in [-0.1, -0.05) is 25.4 Å². The van der Waals surface area contributed by atoms with Crippen molar-refractivity contribution in [3.05, 3.63) is 77.0 Å². The van der Waals surface area contributed by atoms with Gasteiger partial charge < -0.3 is 20.8 Å². The number of nitrogens with one attached hydrogen (secondary N) is 2. The Morgan fingerprint density at radius 1 is 1.19 bits per heavy atom. The summed E-state index contributed by atoms with van der Waals surface area (Å²) in [6.07, 6.45) is 4.49. The number of rotatable bonds is 8. The van der Waals surface area contributed by atoms with Crippen molar-refractivity contribution in [2.24, 2.45) is 0 Å². The first kappa shape index (κ1) is 23.6. The van der Waals surface area contributed by atoms with Crippen LogP contribution in [0.2, 0.25) is 5.02 Å². The quantitative estimate of drug-likeness (QED) is 0.384. The number of carbonyl (C=O) groups excluding carboxylic acids is 1. The van der Waals surface area contributed by atoms with E-state index in [1.54, 1.807) is 24.4 Å². The lowest BCUT2D eigenvalue weighted by Gasteiger charge is -2.34. The smallest absolute Gasteiger partial charge is 0.254 e. The van der Waals surface area contributed by atoms with E-state index in [0.29, 0.717) is 16.4 Å². The Kier molecular flexibility index (Phi) is 7.40. The van der Waals surface area contributed by atoms with E-state index in [1.807, 2.05) is 13.8 Å². The van der Waals surface area contributed by atoms with E-state index in [0.717, 1.165) is 5.56 Å². The summed E-state index contributed by atoms with van der Waals surface area (Å²) in [4.78, 5) is 20.9. The molecule has 0 aliphatic carbocycles. The first-order valence-electron chi connectivity index (χ1n) is 9.96. The van der Waals surface area contributed by atoms with Gasteiger partial charge in [0.2, 0.25) is 0 Å². The van der Waals surface area contributed by atoms with Crippen LogP contribution >= 0.6 is 11.6 Å². The molecule has 0 saturated heterocycles. The fourth-order valence-corrected chi connectivity index (χ4v) is 3.33. The number of amides is 1. The van der Waals surface area contributed by atoms with Crippen LogP contribution in [0.25, 0.3) is 11.3 Å². The van der Waals surface area contributed by atoms with Crippen molar-refractivity contribution in [2.75, 3.05) is 18.5 Å². The summed E-state index contributed by atoms with van der Waals surface area (Å²) in [5.41, 5.74) is 0.398. The van der Waals surface area contributed by atoms with Gasteiger partial charge in [-0.25, -0.2) is 4.39 Å². The third-order valence-corrected chi connectivity index (χ3v) is 5.19. The fraction of sp³-hybridized carbons (Fsp3) is 0.261. The highest BCUT2D eigenvalue weighted by Gasteiger charge is 2.32. The van der Waals surface area contributed by atoms with Gasteiger partial charge in [-0.05, 0) is 47.9 Å². The van der Waals surface area contributed by atoms with Crippen LogP contribution in [0.3, 0.4) is 0 Å². The molecule has 0 saturated carbocycles. The molecule has 9 heteroatoms. The van der Waals surface area contributed by atoms with Crippen molar-refractivity contribution >= 4 is 23.2 Å². The number of benzene rings is 1. The van der Waals surface area contributed by atoms with E-state index in [-0.39, 0.29) is 17.0 Å². The van der Waals surface area contributed by atoms with Gasteiger partial charge in [-0.3, -0.25) is 14.8 Å². The maximum atomic E-state index is 14.4. The maximum Gasteiger partial charge on any atom is 0.254 e. The average molecular weight is 459 g/mol. The van der Waals surface area contributed by atoms with Gasteiger partial charge in [0.1, 0.15) is 5.82 Å². The summed E-state index contributed by atoms with van der Waals surface area (Å²) in [7, 11) is 0. The van der Waals surface area contributed by atoms with Crippen LogP contribution in [0.1, 0.15) is 35.7 Å². The van der Waals surface area contributed by atoms with Crippen molar-refractivity contribution in [1.82, 2.24) is 15.3 Å². The van der Waals surface area contributed by atoms with Crippen LogP contribution in [0.5, 0.6) is 0 Å². The van der Waals surface area contributed by atoms with Gasteiger partial charge >= 0.3 is 0 Å². The Morgan fingerprint density at radius 3 is 2.56 bits per heavy atom. The van der Waals surface area contributed by atoms with Crippen molar-refractivity contribution in [1.29, 1.82) is 0 Å². The minimum absolute atomic E-state index is 0.00682. The zero-order valence-electron chi connectivity index (χ0n) is 17.6. The number of pyridine rings is 2. The monoisotopic (exact) mass is 458 g/mol. The predicted octanol–water partition coefficient (Wildman–Crippen LogP) is 3.58. The molecule has 1 aromatic carbocycles. The van der Waals surface area contributed by atoms with Crippen molar-refractivity contribution in [3.8, 4) is 11.3 Å². The lowest BCUT2D eigenvalue weighted by Crippen LogP contribution is -2.60. The Bertz CT molecular complexity index is 1090.